The number of furan rings is 1. The Labute approximate surface area is 294 Å². The molecule has 236 valence electrons. The summed E-state index contributed by atoms with van der Waals surface area (Å²) in [7, 11) is 0. The lowest BCUT2D eigenvalue weighted by molar-refractivity contribution is 0.669. The van der Waals surface area contributed by atoms with Crippen LogP contribution in [0.4, 0.5) is 0 Å². The Kier molecular flexibility index (Phi) is 5.40. The summed E-state index contributed by atoms with van der Waals surface area (Å²) in [5.74, 6) is 0. The van der Waals surface area contributed by atoms with Crippen LogP contribution in [0, 0.1) is 0 Å². The van der Waals surface area contributed by atoms with Gasteiger partial charge in [0.05, 0.1) is 0 Å². The second-order valence-corrected chi connectivity index (χ2v) is 14.2. The lowest BCUT2D eigenvalue weighted by atomic mass is 9.77. The van der Waals surface area contributed by atoms with Gasteiger partial charge in [-0.15, -0.1) is 0 Å². The zero-order chi connectivity index (χ0) is 33.2. The third-order valence-electron chi connectivity index (χ3n) is 11.7. The van der Waals surface area contributed by atoms with Gasteiger partial charge in [-0.2, -0.15) is 0 Å². The minimum absolute atomic E-state index is 0.924. The molecule has 1 heteroatoms. The van der Waals surface area contributed by atoms with E-state index in [1.807, 2.05) is 0 Å². The van der Waals surface area contributed by atoms with Crippen molar-refractivity contribution >= 4 is 87.4 Å². The van der Waals surface area contributed by atoms with Crippen LogP contribution in [-0.4, -0.2) is 0 Å². The van der Waals surface area contributed by atoms with Crippen molar-refractivity contribution in [1.29, 1.82) is 0 Å². The van der Waals surface area contributed by atoms with Crippen molar-refractivity contribution in [2.75, 3.05) is 0 Å². The largest absolute Gasteiger partial charge is 0.456 e. The quantitative estimate of drug-likeness (QED) is 0.170. The highest BCUT2D eigenvalue weighted by molar-refractivity contribution is 6.31. The molecule has 0 radical (unpaired) electrons. The van der Waals surface area contributed by atoms with Crippen molar-refractivity contribution in [1.82, 2.24) is 0 Å². The monoisotopic (exact) mass is 646 g/mol. The van der Waals surface area contributed by atoms with Crippen LogP contribution in [0.3, 0.4) is 0 Å². The first-order valence-corrected chi connectivity index (χ1v) is 18.0. The number of allylic oxidation sites excluding steroid dienone is 3. The molecule has 2 aliphatic rings. The van der Waals surface area contributed by atoms with E-state index in [0.29, 0.717) is 0 Å². The lowest BCUT2D eigenvalue weighted by Gasteiger charge is -2.26. The van der Waals surface area contributed by atoms with Gasteiger partial charge in [-0.3, -0.25) is 0 Å². The van der Waals surface area contributed by atoms with E-state index in [1.54, 1.807) is 0 Å². The molecule has 9 aromatic carbocycles. The van der Waals surface area contributed by atoms with Gasteiger partial charge in [0.25, 0.3) is 0 Å². The Balaban J connectivity index is 1.21. The average molecular weight is 647 g/mol. The molecule has 0 saturated carbocycles. The number of fused-ring (bicyclic) bond motifs is 9. The summed E-state index contributed by atoms with van der Waals surface area (Å²) in [6, 6.07) is 51.6. The number of hydrogen-bond donors (Lipinski definition) is 0. The van der Waals surface area contributed by atoms with Crippen LogP contribution in [0.5, 0.6) is 0 Å². The normalized spacial score (nSPS) is 13.8. The zero-order valence-corrected chi connectivity index (χ0v) is 27.8. The van der Waals surface area contributed by atoms with Crippen molar-refractivity contribution in [2.24, 2.45) is 0 Å². The van der Waals surface area contributed by atoms with E-state index in [4.69, 9.17) is 4.42 Å². The predicted molar refractivity (Wildman–Crippen MR) is 217 cm³/mol. The third kappa shape index (κ3) is 3.65. The fourth-order valence-electron chi connectivity index (χ4n) is 9.58. The fourth-order valence-corrected chi connectivity index (χ4v) is 9.58. The van der Waals surface area contributed by atoms with E-state index in [-0.39, 0.29) is 0 Å². The number of rotatable bonds is 2. The Morgan fingerprint density at radius 2 is 1.02 bits per heavy atom. The molecule has 10 aromatic rings. The van der Waals surface area contributed by atoms with Gasteiger partial charge >= 0.3 is 0 Å². The maximum atomic E-state index is 6.76. The maximum Gasteiger partial charge on any atom is 0.136 e. The molecule has 1 nitrogen and oxygen atoms in total. The summed E-state index contributed by atoms with van der Waals surface area (Å²) < 4.78 is 6.76. The maximum absolute atomic E-state index is 6.76. The third-order valence-corrected chi connectivity index (χ3v) is 11.7. The summed E-state index contributed by atoms with van der Waals surface area (Å²) in [6.45, 7) is 0. The number of hydrogen-bond acceptors (Lipinski definition) is 1. The van der Waals surface area contributed by atoms with Crippen LogP contribution in [0.15, 0.2) is 156 Å². The smallest absolute Gasteiger partial charge is 0.136 e. The summed E-state index contributed by atoms with van der Waals surface area (Å²) in [4.78, 5) is 0. The molecule has 0 N–H and O–H groups in total. The van der Waals surface area contributed by atoms with Crippen molar-refractivity contribution in [3.8, 4) is 22.3 Å². The van der Waals surface area contributed by atoms with Crippen molar-refractivity contribution in [2.45, 2.75) is 12.8 Å². The molecule has 0 amide bonds. The molecule has 0 bridgehead atoms. The van der Waals surface area contributed by atoms with Crippen LogP contribution < -0.4 is 0 Å². The van der Waals surface area contributed by atoms with Crippen LogP contribution in [0.25, 0.3) is 110 Å². The van der Waals surface area contributed by atoms with E-state index in [0.717, 1.165) is 24.0 Å². The molecule has 1 aromatic heterocycles. The average Bonchev–Trinajstić information content (AvgIpc) is 3.58. The molecule has 0 atom stereocenters. The summed E-state index contributed by atoms with van der Waals surface area (Å²) in [5, 5.41) is 15.1. The van der Waals surface area contributed by atoms with Crippen molar-refractivity contribution < 1.29 is 4.42 Å². The van der Waals surface area contributed by atoms with E-state index in [1.165, 1.54) is 109 Å². The minimum Gasteiger partial charge on any atom is -0.456 e. The van der Waals surface area contributed by atoms with Crippen LogP contribution in [-0.2, 0) is 6.42 Å². The van der Waals surface area contributed by atoms with Crippen molar-refractivity contribution in [3.05, 3.63) is 168 Å². The molecule has 12 rings (SSSR count). The first-order chi connectivity index (χ1) is 25.3. The van der Waals surface area contributed by atoms with E-state index >= 15 is 0 Å². The van der Waals surface area contributed by atoms with Gasteiger partial charge in [-0.1, -0.05) is 146 Å². The van der Waals surface area contributed by atoms with Gasteiger partial charge in [-0.05, 0) is 123 Å². The van der Waals surface area contributed by atoms with Crippen LogP contribution >= 0.6 is 0 Å². The first-order valence-electron chi connectivity index (χ1n) is 18.0. The first kappa shape index (κ1) is 27.4. The standard InChI is InChI=1S/C50H30O/c1-2-13-33-29(10-1)24-27-43-49(33)50-35-15-4-3-14-34(35)42(28-44(50)51-43)48-38-18-7-5-16-36(38)47(37-17-6-8-19-39(37)48)41-26-23-32-21-20-30-11-9-12-31-22-25-40(41)46(32)45(30)31/h1-11,13-24,26-28H,12,25H2. The molecule has 0 spiro atoms. The molecule has 0 saturated heterocycles. The topological polar surface area (TPSA) is 13.1 Å². The van der Waals surface area contributed by atoms with Gasteiger partial charge in [-0.25, -0.2) is 0 Å². The molecule has 0 fully saturated rings. The Morgan fingerprint density at radius 3 is 1.78 bits per heavy atom. The van der Waals surface area contributed by atoms with Crippen molar-refractivity contribution in [3.63, 3.8) is 0 Å². The highest BCUT2D eigenvalue weighted by Gasteiger charge is 2.25. The second kappa shape index (κ2) is 10.1. The number of benzene rings is 9. The molecule has 51 heavy (non-hydrogen) atoms. The van der Waals surface area contributed by atoms with Crippen LogP contribution in [0.1, 0.15) is 23.1 Å². The highest BCUT2D eigenvalue weighted by Crippen LogP contribution is 2.50. The minimum atomic E-state index is 0.924. The molecule has 2 aliphatic carbocycles. The summed E-state index contributed by atoms with van der Waals surface area (Å²) in [6.07, 6.45) is 9.04. The van der Waals surface area contributed by atoms with E-state index in [9.17, 15) is 0 Å². The Morgan fingerprint density at radius 1 is 0.412 bits per heavy atom. The van der Waals surface area contributed by atoms with E-state index in [2.05, 4.69) is 158 Å². The molecule has 0 unspecified atom stereocenters. The zero-order valence-electron chi connectivity index (χ0n) is 27.8. The Bertz CT molecular complexity index is 3180. The molecular weight excluding hydrogens is 617 g/mol. The van der Waals surface area contributed by atoms with Gasteiger partial charge < -0.3 is 4.42 Å². The lowest BCUT2D eigenvalue weighted by Crippen LogP contribution is -2.05. The van der Waals surface area contributed by atoms with Gasteiger partial charge in [0, 0.05) is 10.8 Å². The van der Waals surface area contributed by atoms with Crippen LogP contribution in [0.2, 0.25) is 0 Å². The van der Waals surface area contributed by atoms with Gasteiger partial charge in [0.15, 0.2) is 0 Å². The summed E-state index contributed by atoms with van der Waals surface area (Å²) >= 11 is 0. The molecule has 0 aliphatic heterocycles. The predicted octanol–water partition coefficient (Wildman–Crippen LogP) is 14.0. The molecule has 1 heterocycles. The van der Waals surface area contributed by atoms with E-state index < -0.39 is 0 Å². The summed E-state index contributed by atoms with van der Waals surface area (Å²) in [5.41, 5.74) is 12.6. The Hall–Kier alpha value is -6.44. The second-order valence-electron chi connectivity index (χ2n) is 14.2. The van der Waals surface area contributed by atoms with Gasteiger partial charge in [0.2, 0.25) is 0 Å². The van der Waals surface area contributed by atoms with Gasteiger partial charge in [0.1, 0.15) is 11.2 Å². The fraction of sp³-hybridized carbons (Fsp3) is 0.0400. The highest BCUT2D eigenvalue weighted by atomic mass is 16.3. The molecular formula is C50H30O. The SMILES string of the molecule is C1=Cc2ccc3ccc(-c4c5ccccc5c(-c5cc6oc7ccc8ccccc8c7c6c6ccccc56)c5ccccc45)c4c3c2C(=CC4)C1.